The summed E-state index contributed by atoms with van der Waals surface area (Å²) in [7, 11) is 0. The predicted molar refractivity (Wildman–Crippen MR) is 109 cm³/mol. The summed E-state index contributed by atoms with van der Waals surface area (Å²) in [5.74, 6) is -0.0693. The Morgan fingerprint density at radius 3 is 2.44 bits per heavy atom. The molecular weight excluding hydrogens is 308 g/mol. The van der Waals surface area contributed by atoms with Crippen LogP contribution in [-0.2, 0) is 4.79 Å². The molecule has 3 nitrogen and oxygen atoms in total. The van der Waals surface area contributed by atoms with Crippen LogP contribution in [0.2, 0.25) is 0 Å². The molecule has 0 unspecified atom stereocenters. The van der Waals surface area contributed by atoms with Crippen molar-refractivity contribution in [2.45, 2.75) is 26.7 Å². The summed E-state index contributed by atoms with van der Waals surface area (Å²) >= 11 is 0. The van der Waals surface area contributed by atoms with Crippen molar-refractivity contribution in [3.63, 3.8) is 0 Å². The molecule has 0 spiro atoms. The lowest BCUT2D eigenvalue weighted by Gasteiger charge is -2.01. The summed E-state index contributed by atoms with van der Waals surface area (Å²) in [4.78, 5) is 11.0. The molecular formula is C22H28N2O. The number of carbonyl (C=O) groups is 1. The first-order valence-corrected chi connectivity index (χ1v) is 8.43. The fourth-order valence-corrected chi connectivity index (χ4v) is 2.02. The van der Waals surface area contributed by atoms with Gasteiger partial charge in [-0.2, -0.15) is 0 Å². The van der Waals surface area contributed by atoms with E-state index in [4.69, 9.17) is 0 Å². The zero-order valence-electron chi connectivity index (χ0n) is 15.2. The van der Waals surface area contributed by atoms with Crippen molar-refractivity contribution in [1.29, 1.82) is 0 Å². The molecule has 0 aliphatic rings. The second-order valence-corrected chi connectivity index (χ2v) is 5.94. The van der Waals surface area contributed by atoms with Crippen LogP contribution in [0.4, 0.5) is 5.69 Å². The molecule has 2 N–H and O–H groups in total. The molecule has 0 aliphatic heterocycles. The van der Waals surface area contributed by atoms with E-state index in [1.54, 1.807) is 0 Å². The molecule has 0 radical (unpaired) electrons. The summed E-state index contributed by atoms with van der Waals surface area (Å²) in [6, 6.07) is 7.66. The van der Waals surface area contributed by atoms with E-state index in [1.807, 2.05) is 60.8 Å². The Bertz CT molecular complexity index is 664. The highest BCUT2D eigenvalue weighted by molar-refractivity contribution is 5.88. The lowest BCUT2D eigenvalue weighted by molar-refractivity contribution is -0.114. The Balaban J connectivity index is 2.34. The summed E-state index contributed by atoms with van der Waals surface area (Å²) in [5.41, 5.74) is 3.99. The third-order valence-electron chi connectivity index (χ3n) is 3.28. The summed E-state index contributed by atoms with van der Waals surface area (Å²) in [6.45, 7) is 12.4. The van der Waals surface area contributed by atoms with Gasteiger partial charge >= 0.3 is 0 Å². The monoisotopic (exact) mass is 336 g/mol. The highest BCUT2D eigenvalue weighted by Gasteiger charge is 1.94. The van der Waals surface area contributed by atoms with Crippen molar-refractivity contribution >= 4 is 17.7 Å². The maximum Gasteiger partial charge on any atom is 0.221 e. The molecule has 0 bridgehead atoms. The van der Waals surface area contributed by atoms with Crippen molar-refractivity contribution in [3.05, 3.63) is 84.6 Å². The normalized spacial score (nSPS) is 11.3. The number of carbonyl (C=O) groups excluding carboxylic acids is 1. The van der Waals surface area contributed by atoms with Gasteiger partial charge in [-0.25, -0.2) is 0 Å². The first-order chi connectivity index (χ1) is 12.0. The second kappa shape index (κ2) is 11.7. The van der Waals surface area contributed by atoms with E-state index in [-0.39, 0.29) is 5.91 Å². The molecule has 1 amide bonds. The summed E-state index contributed by atoms with van der Waals surface area (Å²) < 4.78 is 0. The molecule has 132 valence electrons. The largest absolute Gasteiger partial charge is 0.391 e. The maximum absolute atomic E-state index is 11.0. The van der Waals surface area contributed by atoms with Crippen LogP contribution in [0.3, 0.4) is 0 Å². The van der Waals surface area contributed by atoms with E-state index >= 15 is 0 Å². The van der Waals surface area contributed by atoms with Gasteiger partial charge in [-0.3, -0.25) is 4.79 Å². The summed E-state index contributed by atoms with van der Waals surface area (Å²) in [5, 5.41) is 5.99. The Kier molecular flexibility index (Phi) is 9.46. The molecule has 0 heterocycles. The molecule has 0 aliphatic carbocycles. The van der Waals surface area contributed by atoms with Gasteiger partial charge in [-0.15, -0.1) is 6.58 Å². The van der Waals surface area contributed by atoms with E-state index < -0.39 is 0 Å². The maximum atomic E-state index is 11.0. The first kappa shape index (κ1) is 20.2. The number of nitrogens with one attached hydrogen (secondary N) is 2. The lowest BCUT2D eigenvalue weighted by atomic mass is 10.1. The van der Waals surface area contributed by atoms with Crippen LogP contribution in [-0.4, -0.2) is 12.5 Å². The van der Waals surface area contributed by atoms with Gasteiger partial charge in [-0.05, 0) is 55.3 Å². The Morgan fingerprint density at radius 1 is 1.08 bits per heavy atom. The fourth-order valence-electron chi connectivity index (χ4n) is 2.02. The molecule has 0 aromatic heterocycles. The molecule has 0 atom stereocenters. The van der Waals surface area contributed by atoms with Crippen LogP contribution in [0.25, 0.3) is 6.08 Å². The van der Waals surface area contributed by atoms with E-state index in [0.717, 1.165) is 36.2 Å². The second-order valence-electron chi connectivity index (χ2n) is 5.94. The van der Waals surface area contributed by atoms with E-state index in [0.29, 0.717) is 0 Å². The van der Waals surface area contributed by atoms with Crippen LogP contribution in [0.1, 0.15) is 32.3 Å². The number of allylic oxidation sites excluding steroid dienone is 6. The Labute approximate surface area is 151 Å². The minimum atomic E-state index is -0.0693. The SMILES string of the molecule is C=C(/C=C\C=C/NCCCC(=C)C)/C=C/c1ccc(NC(C)=O)cc1. The van der Waals surface area contributed by atoms with Crippen LogP contribution < -0.4 is 10.6 Å². The minimum absolute atomic E-state index is 0.0693. The topological polar surface area (TPSA) is 41.1 Å². The van der Waals surface area contributed by atoms with Crippen molar-refractivity contribution in [1.82, 2.24) is 5.32 Å². The fraction of sp³-hybridized carbons (Fsp3) is 0.227. The molecule has 25 heavy (non-hydrogen) atoms. The Hall–Kier alpha value is -2.81. The third kappa shape index (κ3) is 10.6. The van der Waals surface area contributed by atoms with Crippen LogP contribution in [0.15, 0.2) is 79.1 Å². The molecule has 0 fully saturated rings. The van der Waals surface area contributed by atoms with Crippen molar-refractivity contribution in [2.75, 3.05) is 11.9 Å². The smallest absolute Gasteiger partial charge is 0.221 e. The quantitative estimate of drug-likeness (QED) is 0.349. The van der Waals surface area contributed by atoms with Gasteiger partial charge in [0.25, 0.3) is 0 Å². The predicted octanol–water partition coefficient (Wildman–Crippen LogP) is 5.23. The van der Waals surface area contributed by atoms with Crippen molar-refractivity contribution in [2.24, 2.45) is 0 Å². The van der Waals surface area contributed by atoms with E-state index in [1.165, 1.54) is 12.5 Å². The molecule has 0 saturated carbocycles. The van der Waals surface area contributed by atoms with Gasteiger partial charge in [0.15, 0.2) is 0 Å². The van der Waals surface area contributed by atoms with Gasteiger partial charge in [0.2, 0.25) is 5.91 Å². The van der Waals surface area contributed by atoms with E-state index in [9.17, 15) is 4.79 Å². The minimum Gasteiger partial charge on any atom is -0.391 e. The van der Waals surface area contributed by atoms with Crippen LogP contribution >= 0.6 is 0 Å². The average Bonchev–Trinajstić information content (AvgIpc) is 2.56. The van der Waals surface area contributed by atoms with Crippen LogP contribution in [0.5, 0.6) is 0 Å². The third-order valence-corrected chi connectivity index (χ3v) is 3.28. The number of amides is 1. The van der Waals surface area contributed by atoms with Crippen LogP contribution in [0, 0.1) is 0 Å². The zero-order valence-corrected chi connectivity index (χ0v) is 15.2. The van der Waals surface area contributed by atoms with Crippen molar-refractivity contribution in [3.8, 4) is 0 Å². The van der Waals surface area contributed by atoms with Crippen molar-refractivity contribution < 1.29 is 4.79 Å². The molecule has 1 aromatic carbocycles. The zero-order chi connectivity index (χ0) is 18.5. The Morgan fingerprint density at radius 2 is 1.80 bits per heavy atom. The number of hydrogen-bond acceptors (Lipinski definition) is 2. The number of anilines is 1. The molecule has 1 aromatic rings. The average molecular weight is 336 g/mol. The van der Waals surface area contributed by atoms with Gasteiger partial charge in [0, 0.05) is 19.2 Å². The van der Waals surface area contributed by atoms with Gasteiger partial charge in [0.05, 0.1) is 0 Å². The van der Waals surface area contributed by atoms with E-state index in [2.05, 4.69) is 30.7 Å². The molecule has 1 rings (SSSR count). The lowest BCUT2D eigenvalue weighted by Crippen LogP contribution is -2.06. The summed E-state index contributed by atoms with van der Waals surface area (Å²) in [6.07, 6.45) is 13.9. The first-order valence-electron chi connectivity index (χ1n) is 8.43. The highest BCUT2D eigenvalue weighted by atomic mass is 16.1. The number of benzene rings is 1. The standard InChI is InChI=1S/C22H28N2O/c1-18(2)8-7-17-23-16-6-5-9-19(3)10-11-21-12-14-22(15-13-21)24-20(4)25/h5-6,9-16,23H,1,3,7-8,17H2,2,4H3,(H,24,25)/b9-5-,11-10+,16-6-. The van der Waals surface area contributed by atoms with Gasteiger partial charge in [0.1, 0.15) is 0 Å². The highest BCUT2D eigenvalue weighted by Crippen LogP contribution is 2.11. The van der Waals surface area contributed by atoms with Gasteiger partial charge in [-0.1, -0.05) is 48.6 Å². The molecule has 0 saturated heterocycles. The number of hydrogen-bond donors (Lipinski definition) is 2. The van der Waals surface area contributed by atoms with Gasteiger partial charge < -0.3 is 10.6 Å². The molecule has 3 heteroatoms. The number of rotatable bonds is 10.